The highest BCUT2D eigenvalue weighted by Crippen LogP contribution is 2.28. The molecule has 2 unspecified atom stereocenters. The molecule has 2 atom stereocenters. The van der Waals surface area contributed by atoms with E-state index in [1.54, 1.807) is 0 Å². The number of piperazine rings is 1. The molecule has 0 aromatic rings. The van der Waals surface area contributed by atoms with Gasteiger partial charge in [0.05, 0.1) is 5.37 Å². The van der Waals surface area contributed by atoms with Gasteiger partial charge in [-0.15, -0.1) is 10.3 Å². The minimum absolute atomic E-state index is 0.00766. The molecule has 0 aliphatic carbocycles. The van der Waals surface area contributed by atoms with Crippen molar-refractivity contribution in [3.8, 4) is 0 Å². The van der Waals surface area contributed by atoms with Crippen LogP contribution in [0.15, 0.2) is 0 Å². The van der Waals surface area contributed by atoms with Crippen molar-refractivity contribution < 1.29 is 18.0 Å². The summed E-state index contributed by atoms with van der Waals surface area (Å²) in [5.74, 6) is -2.39. The van der Waals surface area contributed by atoms with Crippen molar-refractivity contribution in [2.24, 2.45) is 5.92 Å². The van der Waals surface area contributed by atoms with Crippen LogP contribution in [0.5, 0.6) is 0 Å². The van der Waals surface area contributed by atoms with Crippen molar-refractivity contribution in [1.29, 1.82) is 0 Å². The molecule has 2 rings (SSSR count). The zero-order chi connectivity index (χ0) is 17.9. The summed E-state index contributed by atoms with van der Waals surface area (Å²) in [6, 6.07) is 0.535. The van der Waals surface area contributed by atoms with Crippen molar-refractivity contribution >= 4 is 25.7 Å². The van der Waals surface area contributed by atoms with Crippen LogP contribution < -0.4 is 5.32 Å². The molecule has 0 aromatic carbocycles. The van der Waals surface area contributed by atoms with Crippen LogP contribution in [0, 0.1) is 5.92 Å². The molecular formula is C15H28F3N3OS2. The lowest BCUT2D eigenvalue weighted by Crippen LogP contribution is -2.53. The number of ketones is 1. The number of carbonyl (C=O) groups excluding carboxylic acids is 1. The zero-order valence-corrected chi connectivity index (χ0v) is 16.2. The summed E-state index contributed by atoms with van der Waals surface area (Å²) in [4.78, 5) is 13.8. The Morgan fingerprint density at radius 2 is 1.88 bits per heavy atom. The van der Waals surface area contributed by atoms with Crippen molar-refractivity contribution in [3.63, 3.8) is 0 Å². The predicted octanol–water partition coefficient (Wildman–Crippen LogP) is 1.36. The van der Waals surface area contributed by atoms with Crippen molar-refractivity contribution in [2.75, 3.05) is 39.0 Å². The summed E-state index contributed by atoms with van der Waals surface area (Å²) in [6.45, 7) is 8.63. The number of carbonyl (C=O) groups is 1. The van der Waals surface area contributed by atoms with Crippen molar-refractivity contribution in [3.05, 3.63) is 0 Å². The lowest BCUT2D eigenvalue weighted by Gasteiger charge is -2.37. The van der Waals surface area contributed by atoms with Gasteiger partial charge in [0.15, 0.2) is 0 Å². The second-order valence-electron chi connectivity index (χ2n) is 6.68. The maximum atomic E-state index is 12.5. The van der Waals surface area contributed by atoms with E-state index >= 15 is 0 Å². The standard InChI is InChI=1S/C15H28F3N3OS2/c1-11(2)20-9-6-19-13(10-20)23-24(3)21-7-4-12(5-8-21)14(22)15(16,17)18/h11-13,19,23H,4-10H2,1-3H3. The number of thiol groups is 1. The maximum Gasteiger partial charge on any atom is 0.450 e. The zero-order valence-electron chi connectivity index (χ0n) is 14.5. The Balaban J connectivity index is 1.88. The van der Waals surface area contributed by atoms with Gasteiger partial charge >= 0.3 is 6.18 Å². The van der Waals surface area contributed by atoms with Gasteiger partial charge in [0.25, 0.3) is 0 Å². The first-order chi connectivity index (χ1) is 11.2. The molecule has 2 heterocycles. The molecule has 24 heavy (non-hydrogen) atoms. The fourth-order valence-electron chi connectivity index (χ4n) is 3.16. The number of halogens is 3. The Kier molecular flexibility index (Phi) is 7.31. The highest BCUT2D eigenvalue weighted by Gasteiger charge is 2.44. The van der Waals surface area contributed by atoms with E-state index in [0.717, 1.165) is 19.6 Å². The van der Waals surface area contributed by atoms with Gasteiger partial charge in [0.1, 0.15) is 0 Å². The molecule has 9 heteroatoms. The van der Waals surface area contributed by atoms with Crippen molar-refractivity contribution in [1.82, 2.24) is 14.5 Å². The number of nitrogens with zero attached hydrogens (tertiary/aromatic N) is 2. The lowest BCUT2D eigenvalue weighted by atomic mass is 9.93. The van der Waals surface area contributed by atoms with Gasteiger partial charge in [0, 0.05) is 44.7 Å². The fourth-order valence-corrected chi connectivity index (χ4v) is 7.30. The molecule has 2 aliphatic rings. The SMILES string of the molecule is CC(C)N1CCNC([SH]=S(C)N2CCC(C(=O)C(F)(F)F)CC2)C1. The molecule has 0 bridgehead atoms. The molecular weight excluding hydrogens is 359 g/mol. The van der Waals surface area contributed by atoms with Gasteiger partial charge in [-0.25, -0.2) is 0 Å². The molecule has 2 aliphatic heterocycles. The number of piperidine rings is 1. The minimum Gasteiger partial charge on any atom is -0.303 e. The van der Waals surface area contributed by atoms with Crippen LogP contribution in [-0.2, 0) is 24.8 Å². The van der Waals surface area contributed by atoms with Gasteiger partial charge in [0.2, 0.25) is 5.78 Å². The lowest BCUT2D eigenvalue weighted by molar-refractivity contribution is -0.176. The normalized spacial score (nSPS) is 27.2. The van der Waals surface area contributed by atoms with E-state index in [1.165, 1.54) is 10.3 Å². The van der Waals surface area contributed by atoms with Crippen LogP contribution in [-0.4, -0.2) is 71.6 Å². The third-order valence-corrected chi connectivity index (χ3v) is 9.06. The molecule has 2 fully saturated rings. The molecule has 142 valence electrons. The third-order valence-electron chi connectivity index (χ3n) is 4.67. The molecule has 0 aromatic heterocycles. The van der Waals surface area contributed by atoms with Crippen molar-refractivity contribution in [2.45, 2.75) is 44.3 Å². The summed E-state index contributed by atoms with van der Waals surface area (Å²) in [5.41, 5.74) is 0. The molecule has 0 amide bonds. The van der Waals surface area contributed by atoms with E-state index in [9.17, 15) is 18.0 Å². The maximum absolute atomic E-state index is 12.5. The minimum atomic E-state index is -4.69. The van der Waals surface area contributed by atoms with E-state index in [4.69, 9.17) is 0 Å². The molecule has 0 spiro atoms. The molecule has 4 nitrogen and oxygen atoms in total. The van der Waals surface area contributed by atoms with E-state index in [1.807, 2.05) is 0 Å². The van der Waals surface area contributed by atoms with Gasteiger partial charge in [-0.05, 0) is 32.9 Å². The number of hydrogen-bond donors (Lipinski definition) is 2. The van der Waals surface area contributed by atoms with Gasteiger partial charge in [-0.2, -0.15) is 13.2 Å². The first kappa shape index (κ1) is 20.4. The van der Waals surface area contributed by atoms with Crippen LogP contribution in [0.4, 0.5) is 13.2 Å². The molecule has 0 saturated carbocycles. The quantitative estimate of drug-likeness (QED) is 0.714. The van der Waals surface area contributed by atoms with E-state index < -0.39 is 17.9 Å². The first-order valence-electron chi connectivity index (χ1n) is 8.39. The third kappa shape index (κ3) is 5.52. The number of rotatable bonds is 4. The summed E-state index contributed by atoms with van der Waals surface area (Å²) >= 11 is 0. The van der Waals surface area contributed by atoms with Crippen LogP contribution >= 0.6 is 0 Å². The van der Waals surface area contributed by atoms with Crippen LogP contribution in [0.25, 0.3) is 0 Å². The Bertz CT molecular complexity index is 477. The van der Waals surface area contributed by atoms with Crippen LogP contribution in [0.3, 0.4) is 0 Å². The average molecular weight is 388 g/mol. The Labute approximate surface area is 147 Å². The van der Waals surface area contributed by atoms with Crippen LogP contribution in [0.2, 0.25) is 0 Å². The van der Waals surface area contributed by atoms with Gasteiger partial charge in [-0.1, -0.05) is 9.64 Å². The molecule has 2 saturated heterocycles. The highest BCUT2D eigenvalue weighted by molar-refractivity contribution is 8.34. The number of nitrogens with one attached hydrogen (secondary N) is 1. The number of Topliss-reactive ketones (excluding diaryl/α,β-unsaturated/α-hetero) is 1. The Morgan fingerprint density at radius 1 is 1.25 bits per heavy atom. The van der Waals surface area contributed by atoms with E-state index in [0.29, 0.717) is 37.3 Å². The second-order valence-corrected chi connectivity index (χ2v) is 11.1. The number of hydrogen-bond acceptors (Lipinski definition) is 3. The predicted molar refractivity (Wildman–Crippen MR) is 95.9 cm³/mol. The van der Waals surface area contributed by atoms with Crippen LogP contribution in [0.1, 0.15) is 26.7 Å². The number of alkyl halides is 3. The van der Waals surface area contributed by atoms with Gasteiger partial charge < -0.3 is 5.32 Å². The molecule has 1 N–H and O–H groups in total. The average Bonchev–Trinajstić information content (AvgIpc) is 2.53. The largest absolute Gasteiger partial charge is 0.450 e. The Hall–Kier alpha value is 0.0400. The van der Waals surface area contributed by atoms with E-state index in [2.05, 4.69) is 34.6 Å². The first-order valence-corrected chi connectivity index (χ1v) is 11.5. The summed E-state index contributed by atoms with van der Waals surface area (Å²) in [5, 5.41) is 3.95. The topological polar surface area (TPSA) is 35.6 Å². The fraction of sp³-hybridized carbons (Fsp3) is 0.933. The Morgan fingerprint density at radius 3 is 2.42 bits per heavy atom. The highest BCUT2D eigenvalue weighted by atomic mass is 32.8. The monoisotopic (exact) mass is 387 g/mol. The second kappa shape index (κ2) is 8.62. The molecule has 0 radical (unpaired) electrons. The van der Waals surface area contributed by atoms with E-state index in [-0.39, 0.29) is 9.64 Å². The summed E-state index contributed by atoms with van der Waals surface area (Å²) in [6.07, 6.45) is -1.89. The smallest absolute Gasteiger partial charge is 0.303 e. The van der Waals surface area contributed by atoms with Gasteiger partial charge in [-0.3, -0.25) is 14.0 Å². The summed E-state index contributed by atoms with van der Waals surface area (Å²) < 4.78 is 39.8. The summed E-state index contributed by atoms with van der Waals surface area (Å²) in [7, 11) is 1.29.